The lowest BCUT2D eigenvalue weighted by Gasteiger charge is -2.26. The number of hydrogen-bond donors (Lipinski definition) is 2. The van der Waals surface area contributed by atoms with Crippen LogP contribution in [0.15, 0.2) is 97.1 Å². The summed E-state index contributed by atoms with van der Waals surface area (Å²) in [6.45, 7) is 0.0178. The van der Waals surface area contributed by atoms with Crippen LogP contribution in [0.3, 0.4) is 0 Å². The molecule has 37 heavy (non-hydrogen) atoms. The first kappa shape index (κ1) is 24.2. The molecule has 0 unspecified atom stereocenters. The average Bonchev–Trinajstić information content (AvgIpc) is 3.22. The van der Waals surface area contributed by atoms with Crippen LogP contribution in [0.2, 0.25) is 0 Å². The quantitative estimate of drug-likeness (QED) is 0.323. The van der Waals surface area contributed by atoms with E-state index in [9.17, 15) is 23.5 Å². The minimum absolute atomic E-state index is 0.0178. The van der Waals surface area contributed by atoms with E-state index < -0.39 is 35.7 Å². The number of ether oxygens (including phenoxy) is 1. The van der Waals surface area contributed by atoms with E-state index in [1.165, 1.54) is 48.5 Å². The van der Waals surface area contributed by atoms with Gasteiger partial charge >= 0.3 is 12.1 Å². The highest BCUT2D eigenvalue weighted by Crippen LogP contribution is 2.44. The fourth-order valence-electron chi connectivity index (χ4n) is 4.97. The number of hydrogen-bond acceptors (Lipinski definition) is 3. The standard InChI is InChI=1S/C30H23F2NO4/c31-20-13-9-18(10-14-20)27(19-11-15-21(32)16-12-19)28(29(34)35)33-30(36)37-17-26-24-7-3-1-5-22(24)23-6-2-4-8-25(23)26/h1-16,26-28H,17H2,(H,33,36)(H,34,35)/t28-/m0/s1. The zero-order valence-corrected chi connectivity index (χ0v) is 19.6. The number of amides is 1. The van der Waals surface area contributed by atoms with Gasteiger partial charge in [0.25, 0.3) is 0 Å². The molecule has 2 N–H and O–H groups in total. The molecular weight excluding hydrogens is 476 g/mol. The summed E-state index contributed by atoms with van der Waals surface area (Å²) < 4.78 is 32.7. The zero-order chi connectivity index (χ0) is 25.9. The summed E-state index contributed by atoms with van der Waals surface area (Å²) in [4.78, 5) is 25.2. The summed E-state index contributed by atoms with van der Waals surface area (Å²) in [7, 11) is 0. The Hall–Kier alpha value is -4.52. The van der Waals surface area contributed by atoms with Crippen molar-refractivity contribution in [3.05, 3.63) is 131 Å². The van der Waals surface area contributed by atoms with Gasteiger partial charge in [-0.1, -0.05) is 72.8 Å². The summed E-state index contributed by atoms with van der Waals surface area (Å²) in [5.41, 5.74) is 5.09. The van der Waals surface area contributed by atoms with Crippen LogP contribution >= 0.6 is 0 Å². The molecule has 0 aliphatic heterocycles. The van der Waals surface area contributed by atoms with E-state index in [1.807, 2.05) is 48.5 Å². The van der Waals surface area contributed by atoms with E-state index in [0.717, 1.165) is 22.3 Å². The first-order chi connectivity index (χ1) is 17.9. The maximum Gasteiger partial charge on any atom is 0.407 e. The van der Waals surface area contributed by atoms with Crippen LogP contribution < -0.4 is 5.32 Å². The number of carbonyl (C=O) groups is 2. The molecule has 186 valence electrons. The molecule has 0 saturated heterocycles. The topological polar surface area (TPSA) is 75.6 Å². The molecule has 1 amide bonds. The first-order valence-electron chi connectivity index (χ1n) is 11.8. The van der Waals surface area contributed by atoms with Crippen molar-refractivity contribution < 1.29 is 28.2 Å². The van der Waals surface area contributed by atoms with Crippen molar-refractivity contribution in [2.24, 2.45) is 0 Å². The molecule has 1 aliphatic carbocycles. The number of alkyl carbamates (subject to hydrolysis) is 1. The van der Waals surface area contributed by atoms with Crippen molar-refractivity contribution in [2.45, 2.75) is 17.9 Å². The molecule has 0 bridgehead atoms. The smallest absolute Gasteiger partial charge is 0.407 e. The summed E-state index contributed by atoms with van der Waals surface area (Å²) >= 11 is 0. The van der Waals surface area contributed by atoms with Crippen molar-refractivity contribution in [1.29, 1.82) is 0 Å². The maximum atomic E-state index is 13.6. The van der Waals surface area contributed by atoms with E-state index >= 15 is 0 Å². The van der Waals surface area contributed by atoms with Crippen molar-refractivity contribution in [2.75, 3.05) is 6.61 Å². The van der Waals surface area contributed by atoms with Crippen molar-refractivity contribution in [1.82, 2.24) is 5.32 Å². The normalized spacial score (nSPS) is 13.1. The Morgan fingerprint density at radius 2 is 1.22 bits per heavy atom. The average molecular weight is 500 g/mol. The predicted molar refractivity (Wildman–Crippen MR) is 134 cm³/mol. The van der Waals surface area contributed by atoms with E-state index in [1.54, 1.807) is 0 Å². The molecule has 0 heterocycles. The Labute approximate surface area is 212 Å². The van der Waals surface area contributed by atoms with Gasteiger partial charge in [0.05, 0.1) is 0 Å². The van der Waals surface area contributed by atoms with Crippen LogP contribution in [-0.2, 0) is 9.53 Å². The highest BCUT2D eigenvalue weighted by Gasteiger charge is 2.34. The first-order valence-corrected chi connectivity index (χ1v) is 11.8. The lowest BCUT2D eigenvalue weighted by molar-refractivity contribution is -0.139. The van der Waals surface area contributed by atoms with E-state index in [0.29, 0.717) is 11.1 Å². The minimum atomic E-state index is -1.45. The van der Waals surface area contributed by atoms with Gasteiger partial charge in [-0.15, -0.1) is 0 Å². The Kier molecular flexibility index (Phi) is 6.68. The maximum absolute atomic E-state index is 13.6. The number of aliphatic carboxylic acids is 1. The van der Waals surface area contributed by atoms with Gasteiger partial charge in [0, 0.05) is 11.8 Å². The Bertz CT molecular complexity index is 1350. The summed E-state index contributed by atoms with van der Waals surface area (Å²) in [6.07, 6.45) is -0.900. The third-order valence-corrected chi connectivity index (χ3v) is 6.67. The fourth-order valence-corrected chi connectivity index (χ4v) is 4.97. The summed E-state index contributed by atoms with van der Waals surface area (Å²) in [5, 5.41) is 12.5. The number of benzene rings is 4. The molecule has 5 rings (SSSR count). The molecular formula is C30H23F2NO4. The number of carbonyl (C=O) groups excluding carboxylic acids is 1. The summed E-state index contributed by atoms with van der Waals surface area (Å²) in [5.74, 6) is -3.39. The fraction of sp³-hybridized carbons (Fsp3) is 0.133. The lowest BCUT2D eigenvalue weighted by atomic mass is 9.85. The van der Waals surface area contributed by atoms with Crippen molar-refractivity contribution >= 4 is 12.1 Å². The predicted octanol–water partition coefficient (Wildman–Crippen LogP) is 6.09. The van der Waals surface area contributed by atoms with Crippen molar-refractivity contribution in [3.8, 4) is 11.1 Å². The molecule has 0 spiro atoms. The monoisotopic (exact) mass is 499 g/mol. The van der Waals surface area contributed by atoms with Crippen LogP contribution in [0.4, 0.5) is 13.6 Å². The van der Waals surface area contributed by atoms with Crippen LogP contribution in [0.1, 0.15) is 34.1 Å². The molecule has 1 atom stereocenters. The molecule has 0 radical (unpaired) electrons. The van der Waals surface area contributed by atoms with Gasteiger partial charge in [-0.2, -0.15) is 0 Å². The molecule has 4 aromatic carbocycles. The SMILES string of the molecule is O=C(N[C@H](C(=O)O)C(c1ccc(F)cc1)c1ccc(F)cc1)OCC1c2ccccc2-c2ccccc21. The lowest BCUT2D eigenvalue weighted by Crippen LogP contribution is -2.45. The molecule has 0 fully saturated rings. The highest BCUT2D eigenvalue weighted by atomic mass is 19.1. The molecule has 4 aromatic rings. The molecule has 1 aliphatic rings. The van der Waals surface area contributed by atoms with Crippen LogP contribution in [0.5, 0.6) is 0 Å². The number of carboxylic acid groups (broad SMARTS) is 1. The number of halogens is 2. The number of fused-ring (bicyclic) bond motifs is 3. The van der Waals surface area contributed by atoms with Gasteiger partial charge in [0.15, 0.2) is 0 Å². The molecule has 0 aromatic heterocycles. The Morgan fingerprint density at radius 1 is 0.757 bits per heavy atom. The summed E-state index contributed by atoms with van der Waals surface area (Å²) in [6, 6.07) is 24.9. The van der Waals surface area contributed by atoms with Gasteiger partial charge in [0.1, 0.15) is 24.3 Å². The highest BCUT2D eigenvalue weighted by molar-refractivity contribution is 5.82. The Morgan fingerprint density at radius 3 is 1.68 bits per heavy atom. The molecule has 5 nitrogen and oxygen atoms in total. The molecule has 7 heteroatoms. The third-order valence-electron chi connectivity index (χ3n) is 6.67. The van der Waals surface area contributed by atoms with Crippen molar-refractivity contribution in [3.63, 3.8) is 0 Å². The number of rotatable bonds is 7. The second kappa shape index (κ2) is 10.2. The second-order valence-electron chi connectivity index (χ2n) is 8.87. The largest absolute Gasteiger partial charge is 0.480 e. The van der Waals surface area contributed by atoms with Crippen LogP contribution in [-0.4, -0.2) is 29.8 Å². The van der Waals surface area contributed by atoms with E-state index in [2.05, 4.69) is 5.32 Å². The van der Waals surface area contributed by atoms with Gasteiger partial charge in [-0.25, -0.2) is 18.4 Å². The molecule has 0 saturated carbocycles. The number of nitrogens with one attached hydrogen (secondary N) is 1. The Balaban J connectivity index is 1.38. The van der Waals surface area contributed by atoms with E-state index in [-0.39, 0.29) is 12.5 Å². The van der Waals surface area contributed by atoms with Gasteiger partial charge < -0.3 is 15.2 Å². The van der Waals surface area contributed by atoms with Gasteiger partial charge in [-0.3, -0.25) is 0 Å². The third kappa shape index (κ3) is 4.93. The zero-order valence-electron chi connectivity index (χ0n) is 19.6. The van der Waals surface area contributed by atoms with Crippen LogP contribution in [0.25, 0.3) is 11.1 Å². The second-order valence-corrected chi connectivity index (χ2v) is 8.87. The van der Waals surface area contributed by atoms with Crippen LogP contribution in [0, 0.1) is 11.6 Å². The number of carboxylic acids is 1. The van der Waals surface area contributed by atoms with Gasteiger partial charge in [-0.05, 0) is 57.6 Å². The van der Waals surface area contributed by atoms with Gasteiger partial charge in [0.2, 0.25) is 0 Å². The van der Waals surface area contributed by atoms with E-state index in [4.69, 9.17) is 4.74 Å². The minimum Gasteiger partial charge on any atom is -0.480 e.